The summed E-state index contributed by atoms with van der Waals surface area (Å²) in [4.78, 5) is 11.7. The number of para-hydroxylation sites is 1. The zero-order valence-corrected chi connectivity index (χ0v) is 10.9. The minimum atomic E-state index is -0.864. The summed E-state index contributed by atoms with van der Waals surface area (Å²) in [5.41, 5.74) is -0.864. The van der Waals surface area contributed by atoms with Crippen molar-refractivity contribution in [3.8, 4) is 11.8 Å². The smallest absolute Gasteiger partial charge is 0.259 e. The largest absolute Gasteiger partial charge is 0.484 e. The molecule has 0 fully saturated rings. The molecule has 0 aliphatic rings. The van der Waals surface area contributed by atoms with Crippen LogP contribution in [-0.4, -0.2) is 18.1 Å². The molecule has 0 aliphatic carbocycles. The van der Waals surface area contributed by atoms with Gasteiger partial charge in [0.2, 0.25) is 0 Å². The molecule has 0 bridgehead atoms. The average Bonchev–Trinajstić information content (AvgIpc) is 2.37. The van der Waals surface area contributed by atoms with Crippen LogP contribution in [0.15, 0.2) is 30.3 Å². The van der Waals surface area contributed by atoms with Gasteiger partial charge in [0.1, 0.15) is 11.3 Å². The molecule has 1 aromatic carbocycles. The highest BCUT2D eigenvalue weighted by Gasteiger charge is 2.29. The van der Waals surface area contributed by atoms with Crippen LogP contribution in [0, 0.1) is 17.2 Å². The molecule has 0 saturated heterocycles. The molecule has 96 valence electrons. The maximum absolute atomic E-state index is 11.7. The van der Waals surface area contributed by atoms with Gasteiger partial charge in [-0.2, -0.15) is 5.26 Å². The van der Waals surface area contributed by atoms with Gasteiger partial charge in [0.05, 0.1) is 6.07 Å². The molecule has 4 heteroatoms. The maximum Gasteiger partial charge on any atom is 0.259 e. The van der Waals surface area contributed by atoms with Crippen LogP contribution in [-0.2, 0) is 4.79 Å². The third kappa shape index (κ3) is 3.77. The second-order valence-corrected chi connectivity index (χ2v) is 4.62. The summed E-state index contributed by atoms with van der Waals surface area (Å²) in [5, 5.41) is 11.8. The molecule has 0 spiro atoms. The van der Waals surface area contributed by atoms with E-state index in [-0.39, 0.29) is 18.4 Å². The minimum absolute atomic E-state index is 0.0307. The lowest BCUT2D eigenvalue weighted by molar-refractivity contribution is -0.124. The number of hydrogen-bond acceptors (Lipinski definition) is 3. The molecule has 1 unspecified atom stereocenters. The van der Waals surface area contributed by atoms with Crippen molar-refractivity contribution in [1.29, 1.82) is 5.26 Å². The first-order valence-electron chi connectivity index (χ1n) is 5.88. The van der Waals surface area contributed by atoms with E-state index in [1.165, 1.54) is 0 Å². The summed E-state index contributed by atoms with van der Waals surface area (Å²) in [5.74, 6) is 0.371. The highest BCUT2D eigenvalue weighted by Crippen LogP contribution is 2.15. The SMILES string of the molecule is CC(C)C(C)(C#N)NC(=O)COc1ccccc1. The lowest BCUT2D eigenvalue weighted by Gasteiger charge is -2.27. The van der Waals surface area contributed by atoms with E-state index in [0.717, 1.165) is 0 Å². The van der Waals surface area contributed by atoms with Crippen LogP contribution in [0.25, 0.3) is 0 Å². The molecule has 0 heterocycles. The predicted octanol–water partition coefficient (Wildman–Crippen LogP) is 2.12. The van der Waals surface area contributed by atoms with Gasteiger partial charge < -0.3 is 10.1 Å². The standard InChI is InChI=1S/C14H18N2O2/c1-11(2)14(3,10-15)16-13(17)9-18-12-7-5-4-6-8-12/h4-8,11H,9H2,1-3H3,(H,16,17). The number of carbonyl (C=O) groups is 1. The van der Waals surface area contributed by atoms with E-state index < -0.39 is 5.54 Å². The van der Waals surface area contributed by atoms with Crippen LogP contribution in [0.5, 0.6) is 5.75 Å². The molecule has 1 aromatic rings. The summed E-state index contributed by atoms with van der Waals surface area (Å²) in [6, 6.07) is 11.2. The Morgan fingerprint density at radius 1 is 1.44 bits per heavy atom. The zero-order chi connectivity index (χ0) is 13.6. The number of amides is 1. The quantitative estimate of drug-likeness (QED) is 0.865. The van der Waals surface area contributed by atoms with E-state index >= 15 is 0 Å². The second kappa shape index (κ2) is 6.06. The monoisotopic (exact) mass is 246 g/mol. The molecule has 1 atom stereocenters. The topological polar surface area (TPSA) is 62.1 Å². The van der Waals surface area contributed by atoms with Gasteiger partial charge in [0.15, 0.2) is 6.61 Å². The van der Waals surface area contributed by atoms with Crippen molar-refractivity contribution in [2.24, 2.45) is 5.92 Å². The lowest BCUT2D eigenvalue weighted by Crippen LogP contribution is -2.50. The number of nitriles is 1. The number of carbonyl (C=O) groups excluding carboxylic acids is 1. The number of rotatable bonds is 5. The Hall–Kier alpha value is -2.02. The Labute approximate surface area is 108 Å². The van der Waals surface area contributed by atoms with Gasteiger partial charge >= 0.3 is 0 Å². The Morgan fingerprint density at radius 2 is 2.06 bits per heavy atom. The third-order valence-electron chi connectivity index (χ3n) is 2.90. The fourth-order valence-corrected chi connectivity index (χ4v) is 1.29. The number of ether oxygens (including phenoxy) is 1. The minimum Gasteiger partial charge on any atom is -0.484 e. The normalized spacial score (nSPS) is 13.5. The molecule has 18 heavy (non-hydrogen) atoms. The maximum atomic E-state index is 11.7. The van der Waals surface area contributed by atoms with E-state index in [9.17, 15) is 4.79 Å². The molecule has 1 amide bonds. The molecule has 0 aliphatic heterocycles. The number of nitrogens with zero attached hydrogens (tertiary/aromatic N) is 1. The lowest BCUT2D eigenvalue weighted by atomic mass is 9.90. The van der Waals surface area contributed by atoms with Crippen molar-refractivity contribution in [1.82, 2.24) is 5.32 Å². The molecule has 0 radical (unpaired) electrons. The fraction of sp³-hybridized carbons (Fsp3) is 0.429. The van der Waals surface area contributed by atoms with Gasteiger partial charge in [-0.1, -0.05) is 32.0 Å². The van der Waals surface area contributed by atoms with Gasteiger partial charge in [-0.05, 0) is 25.0 Å². The van der Waals surface area contributed by atoms with Crippen molar-refractivity contribution in [3.05, 3.63) is 30.3 Å². The van der Waals surface area contributed by atoms with Crippen molar-refractivity contribution in [3.63, 3.8) is 0 Å². The van der Waals surface area contributed by atoms with Gasteiger partial charge in [-0.25, -0.2) is 0 Å². The van der Waals surface area contributed by atoms with E-state index in [0.29, 0.717) is 5.75 Å². The van der Waals surface area contributed by atoms with Crippen LogP contribution in [0.4, 0.5) is 0 Å². The molecule has 4 nitrogen and oxygen atoms in total. The van der Waals surface area contributed by atoms with Crippen molar-refractivity contribution < 1.29 is 9.53 Å². The number of nitrogens with one attached hydrogen (secondary N) is 1. The Balaban J connectivity index is 2.50. The van der Waals surface area contributed by atoms with Crippen LogP contribution < -0.4 is 10.1 Å². The van der Waals surface area contributed by atoms with Gasteiger partial charge in [-0.3, -0.25) is 4.79 Å². The first-order chi connectivity index (χ1) is 8.48. The third-order valence-corrected chi connectivity index (χ3v) is 2.90. The number of hydrogen-bond donors (Lipinski definition) is 1. The summed E-state index contributed by atoms with van der Waals surface area (Å²) in [6.45, 7) is 5.40. The second-order valence-electron chi connectivity index (χ2n) is 4.62. The van der Waals surface area contributed by atoms with Gasteiger partial charge in [-0.15, -0.1) is 0 Å². The van der Waals surface area contributed by atoms with E-state index in [4.69, 9.17) is 10.00 Å². The molecule has 0 saturated carbocycles. The number of benzene rings is 1. The van der Waals surface area contributed by atoms with Crippen LogP contribution >= 0.6 is 0 Å². The van der Waals surface area contributed by atoms with Crippen LogP contribution in [0.1, 0.15) is 20.8 Å². The molecular weight excluding hydrogens is 228 g/mol. The van der Waals surface area contributed by atoms with Gasteiger partial charge in [0, 0.05) is 0 Å². The molecule has 1 rings (SSSR count). The zero-order valence-electron chi connectivity index (χ0n) is 10.9. The van der Waals surface area contributed by atoms with E-state index in [1.807, 2.05) is 32.0 Å². The summed E-state index contributed by atoms with van der Waals surface area (Å²) in [7, 11) is 0. The highest BCUT2D eigenvalue weighted by molar-refractivity contribution is 5.78. The Bertz CT molecular complexity index is 437. The first-order valence-corrected chi connectivity index (χ1v) is 5.88. The molecular formula is C14H18N2O2. The van der Waals surface area contributed by atoms with Crippen LogP contribution in [0.2, 0.25) is 0 Å². The molecule has 1 N–H and O–H groups in total. The predicted molar refractivity (Wildman–Crippen MR) is 68.9 cm³/mol. The Kier molecular flexibility index (Phi) is 4.73. The van der Waals surface area contributed by atoms with Crippen molar-refractivity contribution >= 4 is 5.91 Å². The van der Waals surface area contributed by atoms with Crippen molar-refractivity contribution in [2.45, 2.75) is 26.3 Å². The molecule has 0 aromatic heterocycles. The van der Waals surface area contributed by atoms with E-state index in [1.54, 1.807) is 19.1 Å². The average molecular weight is 246 g/mol. The van der Waals surface area contributed by atoms with Crippen LogP contribution in [0.3, 0.4) is 0 Å². The fourth-order valence-electron chi connectivity index (χ4n) is 1.29. The van der Waals surface area contributed by atoms with Gasteiger partial charge in [0.25, 0.3) is 5.91 Å². The Morgan fingerprint density at radius 3 is 2.56 bits per heavy atom. The van der Waals surface area contributed by atoms with Crippen molar-refractivity contribution in [2.75, 3.05) is 6.61 Å². The van der Waals surface area contributed by atoms with E-state index in [2.05, 4.69) is 11.4 Å². The first kappa shape index (κ1) is 14.0. The summed E-state index contributed by atoms with van der Waals surface area (Å²) in [6.07, 6.45) is 0. The highest BCUT2D eigenvalue weighted by atomic mass is 16.5. The summed E-state index contributed by atoms with van der Waals surface area (Å²) >= 11 is 0. The summed E-state index contributed by atoms with van der Waals surface area (Å²) < 4.78 is 5.32.